The van der Waals surface area contributed by atoms with Gasteiger partial charge >= 0.3 is 11.8 Å². The summed E-state index contributed by atoms with van der Waals surface area (Å²) in [6.45, 7) is 7.01. The van der Waals surface area contributed by atoms with Gasteiger partial charge in [-0.3, -0.25) is 9.59 Å². The van der Waals surface area contributed by atoms with Gasteiger partial charge in [-0.2, -0.15) is 0 Å². The molecule has 0 spiro atoms. The zero-order chi connectivity index (χ0) is 19.7. The zero-order valence-electron chi connectivity index (χ0n) is 16.3. The predicted molar refractivity (Wildman–Crippen MR) is 105 cm³/mol. The van der Waals surface area contributed by atoms with E-state index < -0.39 is 11.8 Å². The molecular formula is C20H26N6O2. The molecule has 2 amide bonds. The highest BCUT2D eigenvalue weighted by molar-refractivity contribution is 6.40. The van der Waals surface area contributed by atoms with E-state index in [1.165, 1.54) is 0 Å². The molecule has 0 radical (unpaired) electrons. The van der Waals surface area contributed by atoms with Gasteiger partial charge in [0.2, 0.25) is 0 Å². The quantitative estimate of drug-likeness (QED) is 0.767. The lowest BCUT2D eigenvalue weighted by atomic mass is 10.0. The molecule has 2 N–H and O–H groups in total. The van der Waals surface area contributed by atoms with Gasteiger partial charge in [-0.15, -0.1) is 10.2 Å². The number of rotatable bonds is 3. The molecule has 1 atom stereocenters. The Bertz CT molecular complexity index is 891. The van der Waals surface area contributed by atoms with E-state index in [9.17, 15) is 9.59 Å². The van der Waals surface area contributed by atoms with Gasteiger partial charge in [-0.25, -0.2) is 0 Å². The molecule has 0 aliphatic carbocycles. The number of hydrogen-bond donors (Lipinski definition) is 2. The molecule has 0 saturated heterocycles. The Hall–Kier alpha value is -2.74. The summed E-state index contributed by atoms with van der Waals surface area (Å²) in [6, 6.07) is 7.36. The summed E-state index contributed by atoms with van der Waals surface area (Å²) in [5, 5.41) is 14.9. The Kier molecular flexibility index (Phi) is 5.13. The first-order chi connectivity index (χ1) is 13.6. The number of hydrogen-bond acceptors (Lipinski definition) is 5. The summed E-state index contributed by atoms with van der Waals surface area (Å²) in [5.41, 5.74) is 1.92. The van der Waals surface area contributed by atoms with Crippen LogP contribution in [0.1, 0.15) is 37.1 Å². The number of benzene rings is 1. The topological polar surface area (TPSA) is 92.2 Å². The molecule has 28 heavy (non-hydrogen) atoms. The molecule has 8 heteroatoms. The van der Waals surface area contributed by atoms with Crippen molar-refractivity contribution in [1.82, 2.24) is 25.4 Å². The number of anilines is 1. The largest absolute Gasteiger partial charge is 0.338 e. The normalized spacial score (nSPS) is 17.0. The first kappa shape index (κ1) is 18.6. The summed E-state index contributed by atoms with van der Waals surface area (Å²) in [5.74, 6) is 0.593. The number of para-hydroxylation sites is 1. The van der Waals surface area contributed by atoms with E-state index in [-0.39, 0.29) is 12.0 Å². The molecule has 0 fully saturated rings. The molecule has 0 unspecified atom stereocenters. The van der Waals surface area contributed by atoms with E-state index in [4.69, 9.17) is 0 Å². The van der Waals surface area contributed by atoms with Gasteiger partial charge in [0.15, 0.2) is 5.82 Å². The van der Waals surface area contributed by atoms with Gasteiger partial charge in [0.1, 0.15) is 5.82 Å². The molecule has 8 nitrogen and oxygen atoms in total. The summed E-state index contributed by atoms with van der Waals surface area (Å²) in [6.07, 6.45) is 1.57. The van der Waals surface area contributed by atoms with Crippen molar-refractivity contribution in [2.75, 3.05) is 24.5 Å². The van der Waals surface area contributed by atoms with E-state index in [0.717, 1.165) is 55.4 Å². The molecule has 1 aromatic carbocycles. The van der Waals surface area contributed by atoms with Crippen molar-refractivity contribution in [2.45, 2.75) is 39.3 Å². The van der Waals surface area contributed by atoms with Crippen LogP contribution in [0.25, 0.3) is 0 Å². The molecular weight excluding hydrogens is 356 g/mol. The first-order valence-electron chi connectivity index (χ1n) is 9.89. The smallest absolute Gasteiger partial charge is 0.316 e. The fourth-order valence-electron chi connectivity index (χ4n) is 3.93. The predicted octanol–water partition coefficient (Wildman–Crippen LogP) is 0.826. The maximum Gasteiger partial charge on any atom is 0.316 e. The Morgan fingerprint density at radius 3 is 2.75 bits per heavy atom. The molecule has 0 bridgehead atoms. The van der Waals surface area contributed by atoms with E-state index in [0.29, 0.717) is 6.54 Å². The minimum Gasteiger partial charge on any atom is -0.338 e. The van der Waals surface area contributed by atoms with Crippen molar-refractivity contribution in [3.63, 3.8) is 0 Å². The molecule has 4 rings (SSSR count). The summed E-state index contributed by atoms with van der Waals surface area (Å²) in [4.78, 5) is 27.2. The third-order valence-electron chi connectivity index (χ3n) is 5.45. The van der Waals surface area contributed by atoms with Crippen LogP contribution in [0.15, 0.2) is 24.3 Å². The van der Waals surface area contributed by atoms with E-state index in [1.807, 2.05) is 38.1 Å². The van der Waals surface area contributed by atoms with Crippen LogP contribution in [0.3, 0.4) is 0 Å². The molecule has 148 valence electrons. The van der Waals surface area contributed by atoms with Crippen molar-refractivity contribution < 1.29 is 9.59 Å². The van der Waals surface area contributed by atoms with Crippen LogP contribution in [0.4, 0.5) is 5.69 Å². The standard InChI is InChI=1S/C20H26N6O2/c1-13(2)17(18-24-23-16-7-9-21-10-12-26(16)18)22-19(27)20(28)25-11-8-14-5-3-4-6-15(14)25/h3-6,13,17,21H,7-12H2,1-2H3,(H,22,27)/t17-/m1/s1. The monoisotopic (exact) mass is 382 g/mol. The highest BCUT2D eigenvalue weighted by atomic mass is 16.2. The highest BCUT2D eigenvalue weighted by Gasteiger charge is 2.33. The van der Waals surface area contributed by atoms with Crippen molar-refractivity contribution in [2.24, 2.45) is 5.92 Å². The zero-order valence-corrected chi connectivity index (χ0v) is 16.3. The van der Waals surface area contributed by atoms with Crippen LogP contribution in [0, 0.1) is 5.92 Å². The Morgan fingerprint density at radius 2 is 1.93 bits per heavy atom. The van der Waals surface area contributed by atoms with Gasteiger partial charge in [0.05, 0.1) is 6.04 Å². The van der Waals surface area contributed by atoms with Crippen molar-refractivity contribution in [3.8, 4) is 0 Å². The molecule has 2 aromatic rings. The number of carbonyl (C=O) groups is 2. The number of carbonyl (C=O) groups excluding carboxylic acids is 2. The molecule has 2 aliphatic heterocycles. The van der Waals surface area contributed by atoms with Crippen molar-refractivity contribution in [3.05, 3.63) is 41.5 Å². The average Bonchev–Trinajstić information content (AvgIpc) is 3.22. The van der Waals surface area contributed by atoms with Gasteiger partial charge < -0.3 is 20.1 Å². The van der Waals surface area contributed by atoms with Gasteiger partial charge in [0.25, 0.3) is 0 Å². The summed E-state index contributed by atoms with van der Waals surface area (Å²) >= 11 is 0. The van der Waals surface area contributed by atoms with Crippen LogP contribution in [-0.2, 0) is 29.0 Å². The van der Waals surface area contributed by atoms with Crippen LogP contribution in [0.5, 0.6) is 0 Å². The second-order valence-corrected chi connectivity index (χ2v) is 7.66. The second-order valence-electron chi connectivity index (χ2n) is 7.66. The lowest BCUT2D eigenvalue weighted by Gasteiger charge is -2.24. The van der Waals surface area contributed by atoms with Gasteiger partial charge in [-0.05, 0) is 24.0 Å². The van der Waals surface area contributed by atoms with Crippen LogP contribution in [0.2, 0.25) is 0 Å². The number of nitrogens with zero attached hydrogens (tertiary/aromatic N) is 4. The number of amides is 2. The fraction of sp³-hybridized carbons (Fsp3) is 0.500. The highest BCUT2D eigenvalue weighted by Crippen LogP contribution is 2.28. The minimum atomic E-state index is -0.598. The van der Waals surface area contributed by atoms with Gasteiger partial charge in [-0.1, -0.05) is 32.0 Å². The van der Waals surface area contributed by atoms with E-state index >= 15 is 0 Å². The lowest BCUT2D eigenvalue weighted by molar-refractivity contribution is -0.138. The SMILES string of the molecule is CC(C)[C@@H](NC(=O)C(=O)N1CCc2ccccc21)c1nnc2n1CCNCC2. The van der Waals surface area contributed by atoms with Gasteiger partial charge in [0, 0.05) is 38.3 Å². The third-order valence-corrected chi connectivity index (χ3v) is 5.45. The molecule has 0 saturated carbocycles. The number of nitrogens with one attached hydrogen (secondary N) is 2. The number of aromatic nitrogens is 3. The minimum absolute atomic E-state index is 0.0760. The molecule has 3 heterocycles. The first-order valence-corrected chi connectivity index (χ1v) is 9.89. The second kappa shape index (κ2) is 7.71. The third kappa shape index (κ3) is 3.40. The Labute approximate surface area is 164 Å². The average molecular weight is 382 g/mol. The van der Waals surface area contributed by atoms with Crippen LogP contribution < -0.4 is 15.5 Å². The van der Waals surface area contributed by atoms with Crippen molar-refractivity contribution >= 4 is 17.5 Å². The fourth-order valence-corrected chi connectivity index (χ4v) is 3.93. The number of fused-ring (bicyclic) bond motifs is 2. The lowest BCUT2D eigenvalue weighted by Crippen LogP contribution is -2.45. The van der Waals surface area contributed by atoms with Crippen molar-refractivity contribution in [1.29, 1.82) is 0 Å². The molecule has 2 aliphatic rings. The maximum absolute atomic E-state index is 12.8. The maximum atomic E-state index is 12.8. The summed E-state index contributed by atoms with van der Waals surface area (Å²) < 4.78 is 2.07. The Balaban J connectivity index is 1.54. The summed E-state index contributed by atoms with van der Waals surface area (Å²) in [7, 11) is 0. The van der Waals surface area contributed by atoms with E-state index in [1.54, 1.807) is 4.90 Å². The van der Waals surface area contributed by atoms with Crippen LogP contribution in [-0.4, -0.2) is 46.2 Å². The van der Waals surface area contributed by atoms with Crippen LogP contribution >= 0.6 is 0 Å². The Morgan fingerprint density at radius 1 is 1.11 bits per heavy atom. The van der Waals surface area contributed by atoms with E-state index in [2.05, 4.69) is 25.4 Å². The molecule has 1 aromatic heterocycles.